The molecule has 6 nitrogen and oxygen atoms in total. The van der Waals surface area contributed by atoms with Crippen molar-refractivity contribution in [1.29, 1.82) is 0 Å². The zero-order chi connectivity index (χ0) is 13.7. The second-order valence-electron chi connectivity index (χ2n) is 3.67. The van der Waals surface area contributed by atoms with E-state index in [1.807, 2.05) is 6.26 Å². The van der Waals surface area contributed by atoms with E-state index in [2.05, 4.69) is 10.4 Å². The van der Waals surface area contributed by atoms with Crippen LogP contribution in [0.15, 0.2) is 11.2 Å². The first-order chi connectivity index (χ1) is 8.49. The Hall–Kier alpha value is -1.50. The lowest BCUT2D eigenvalue weighted by atomic mass is 10.3. The van der Waals surface area contributed by atoms with Gasteiger partial charge in [0.25, 0.3) is 5.91 Å². The second-order valence-corrected chi connectivity index (χ2v) is 4.47. The van der Waals surface area contributed by atoms with Gasteiger partial charge in [-0.25, -0.2) is 4.79 Å². The predicted octanol–water partition coefficient (Wildman–Crippen LogP) is 0.823. The number of ether oxygens (including phenoxy) is 1. The summed E-state index contributed by atoms with van der Waals surface area (Å²) in [7, 11) is 1.74. The summed E-state index contributed by atoms with van der Waals surface area (Å²) in [6.07, 6.45) is 3.47. The van der Waals surface area contributed by atoms with Crippen molar-refractivity contribution in [2.45, 2.75) is 24.9 Å². The molecule has 0 aliphatic carbocycles. The Balaban J connectivity index is 2.73. The Labute approximate surface area is 110 Å². The summed E-state index contributed by atoms with van der Waals surface area (Å²) >= 11 is 1.38. The van der Waals surface area contributed by atoms with Gasteiger partial charge < -0.3 is 10.1 Å². The molecule has 1 aromatic rings. The number of hydrogen-bond acceptors (Lipinski definition) is 5. The lowest BCUT2D eigenvalue weighted by Gasteiger charge is -2.12. The molecule has 0 fully saturated rings. The van der Waals surface area contributed by atoms with E-state index in [0.29, 0.717) is 17.2 Å². The highest BCUT2D eigenvalue weighted by Gasteiger charge is 2.21. The molecule has 0 aliphatic heterocycles. The van der Waals surface area contributed by atoms with Gasteiger partial charge in [-0.1, -0.05) is 0 Å². The Morgan fingerprint density at radius 2 is 2.28 bits per heavy atom. The number of hydrogen-bond donors (Lipinski definition) is 1. The van der Waals surface area contributed by atoms with E-state index in [0.717, 1.165) is 0 Å². The Morgan fingerprint density at radius 1 is 1.61 bits per heavy atom. The maximum atomic E-state index is 12.0. The number of aromatic nitrogens is 2. The van der Waals surface area contributed by atoms with E-state index >= 15 is 0 Å². The second kappa shape index (κ2) is 6.44. The number of carbonyl (C=O) groups is 2. The Kier molecular flexibility index (Phi) is 5.21. The zero-order valence-electron chi connectivity index (χ0n) is 10.9. The summed E-state index contributed by atoms with van der Waals surface area (Å²) in [5, 5.41) is 7.36. The normalized spacial score (nSPS) is 12.0. The fourth-order valence-corrected chi connectivity index (χ4v) is 1.95. The van der Waals surface area contributed by atoms with E-state index in [9.17, 15) is 9.59 Å². The molecule has 0 bridgehead atoms. The van der Waals surface area contributed by atoms with Crippen molar-refractivity contribution in [2.24, 2.45) is 7.05 Å². The van der Waals surface area contributed by atoms with Gasteiger partial charge in [0, 0.05) is 13.2 Å². The predicted molar refractivity (Wildman–Crippen MR) is 68.6 cm³/mol. The summed E-state index contributed by atoms with van der Waals surface area (Å²) < 4.78 is 6.39. The first-order valence-electron chi connectivity index (χ1n) is 5.54. The van der Waals surface area contributed by atoms with Crippen molar-refractivity contribution in [1.82, 2.24) is 15.1 Å². The molecule has 7 heteroatoms. The van der Waals surface area contributed by atoms with Crippen LogP contribution in [0.1, 0.15) is 24.2 Å². The molecule has 0 radical (unpaired) electrons. The molecule has 1 amide bonds. The van der Waals surface area contributed by atoms with Crippen LogP contribution < -0.4 is 5.32 Å². The minimum atomic E-state index is -0.674. The lowest BCUT2D eigenvalue weighted by molar-refractivity contribution is -0.144. The van der Waals surface area contributed by atoms with Crippen molar-refractivity contribution in [3.63, 3.8) is 0 Å². The molecule has 0 aromatic carbocycles. The third-order valence-electron chi connectivity index (χ3n) is 2.22. The molecule has 1 aromatic heterocycles. The van der Waals surface area contributed by atoms with Gasteiger partial charge in [0.15, 0.2) is 0 Å². The maximum absolute atomic E-state index is 12.0. The molecule has 0 saturated carbocycles. The van der Waals surface area contributed by atoms with Crippen LogP contribution in [0.2, 0.25) is 0 Å². The van der Waals surface area contributed by atoms with Crippen molar-refractivity contribution < 1.29 is 14.3 Å². The highest BCUT2D eigenvalue weighted by atomic mass is 32.2. The van der Waals surface area contributed by atoms with Crippen molar-refractivity contribution in [3.8, 4) is 0 Å². The number of nitrogens with one attached hydrogen (secondary N) is 1. The van der Waals surface area contributed by atoms with Gasteiger partial charge in [-0.3, -0.25) is 9.48 Å². The fourth-order valence-electron chi connectivity index (χ4n) is 1.38. The molecule has 0 saturated heterocycles. The number of esters is 1. The van der Waals surface area contributed by atoms with Gasteiger partial charge in [0.05, 0.1) is 12.2 Å². The first kappa shape index (κ1) is 14.6. The van der Waals surface area contributed by atoms with E-state index in [1.54, 1.807) is 31.8 Å². The van der Waals surface area contributed by atoms with Crippen molar-refractivity contribution >= 4 is 23.6 Å². The molecule has 1 heterocycles. The van der Waals surface area contributed by atoms with Gasteiger partial charge in [-0.15, -0.1) is 11.8 Å². The van der Waals surface area contributed by atoms with Crippen LogP contribution in [-0.2, 0) is 16.6 Å². The molecule has 0 spiro atoms. The first-order valence-corrected chi connectivity index (χ1v) is 6.77. The third kappa shape index (κ3) is 3.49. The molecular weight excluding hydrogens is 254 g/mol. The number of amides is 1. The van der Waals surface area contributed by atoms with E-state index in [-0.39, 0.29) is 5.91 Å². The maximum Gasteiger partial charge on any atom is 0.328 e. The molecule has 0 unspecified atom stereocenters. The minimum Gasteiger partial charge on any atom is -0.464 e. The van der Waals surface area contributed by atoms with Crippen LogP contribution in [0.4, 0.5) is 0 Å². The van der Waals surface area contributed by atoms with Crippen LogP contribution in [0.5, 0.6) is 0 Å². The molecule has 1 N–H and O–H groups in total. The molecule has 0 aliphatic rings. The van der Waals surface area contributed by atoms with Gasteiger partial charge in [0.2, 0.25) is 0 Å². The van der Waals surface area contributed by atoms with Gasteiger partial charge >= 0.3 is 5.97 Å². The van der Waals surface area contributed by atoms with Gasteiger partial charge in [-0.05, 0) is 20.1 Å². The average molecular weight is 271 g/mol. The molecule has 1 rings (SSSR count). The summed E-state index contributed by atoms with van der Waals surface area (Å²) in [6, 6.07) is -0.674. The summed E-state index contributed by atoms with van der Waals surface area (Å²) in [6.45, 7) is 3.60. The van der Waals surface area contributed by atoms with Crippen LogP contribution in [0.3, 0.4) is 0 Å². The summed E-state index contributed by atoms with van der Waals surface area (Å²) in [5.74, 6) is -0.770. The van der Waals surface area contributed by atoms with Crippen LogP contribution in [0.25, 0.3) is 0 Å². The minimum absolute atomic E-state index is 0.294. The van der Waals surface area contributed by atoms with Crippen LogP contribution in [-0.4, -0.2) is 40.6 Å². The smallest absolute Gasteiger partial charge is 0.328 e. The average Bonchev–Trinajstić information content (AvgIpc) is 2.70. The lowest BCUT2D eigenvalue weighted by Crippen LogP contribution is -2.39. The number of aryl methyl sites for hydroxylation is 1. The topological polar surface area (TPSA) is 73.2 Å². The number of rotatable bonds is 5. The number of thioether (sulfide) groups is 1. The van der Waals surface area contributed by atoms with E-state index < -0.39 is 12.0 Å². The van der Waals surface area contributed by atoms with Crippen molar-refractivity contribution in [3.05, 3.63) is 11.8 Å². The van der Waals surface area contributed by atoms with Gasteiger partial charge in [0.1, 0.15) is 11.1 Å². The standard InChI is InChI=1S/C11H17N3O3S/c1-5-17-11(16)7(2)12-9(15)8-6-14(3)13-10(8)18-4/h6-7H,5H2,1-4H3,(H,12,15)/t7-/m0/s1. The van der Waals surface area contributed by atoms with Crippen molar-refractivity contribution in [2.75, 3.05) is 12.9 Å². The SMILES string of the molecule is CCOC(=O)[C@H](C)NC(=O)c1cn(C)nc1SC. The monoisotopic (exact) mass is 271 g/mol. The molecule has 100 valence electrons. The van der Waals surface area contributed by atoms with Crippen LogP contribution >= 0.6 is 11.8 Å². The number of carbonyl (C=O) groups excluding carboxylic acids is 2. The summed E-state index contributed by atoms with van der Waals surface area (Å²) in [4.78, 5) is 23.4. The largest absolute Gasteiger partial charge is 0.464 e. The fraction of sp³-hybridized carbons (Fsp3) is 0.545. The Bertz CT molecular complexity index is 445. The quantitative estimate of drug-likeness (QED) is 0.634. The van der Waals surface area contributed by atoms with E-state index in [4.69, 9.17) is 4.74 Å². The van der Waals surface area contributed by atoms with E-state index in [1.165, 1.54) is 11.8 Å². The molecule has 18 heavy (non-hydrogen) atoms. The third-order valence-corrected chi connectivity index (χ3v) is 2.91. The van der Waals surface area contributed by atoms with Crippen LogP contribution in [0, 0.1) is 0 Å². The highest BCUT2D eigenvalue weighted by Crippen LogP contribution is 2.17. The molecule has 1 atom stereocenters. The highest BCUT2D eigenvalue weighted by molar-refractivity contribution is 7.98. The Morgan fingerprint density at radius 3 is 2.83 bits per heavy atom. The summed E-state index contributed by atoms with van der Waals surface area (Å²) in [5.41, 5.74) is 0.459. The molecular formula is C11H17N3O3S. The zero-order valence-corrected chi connectivity index (χ0v) is 11.7. The van der Waals surface area contributed by atoms with Gasteiger partial charge in [-0.2, -0.15) is 5.10 Å². The number of nitrogens with zero attached hydrogens (tertiary/aromatic N) is 2.